The van der Waals surface area contributed by atoms with Crippen molar-refractivity contribution < 1.29 is 18.8 Å². The molecule has 4 rings (SSSR count). The molecule has 0 saturated carbocycles. The van der Waals surface area contributed by atoms with Crippen LogP contribution in [0.25, 0.3) is 0 Å². The van der Waals surface area contributed by atoms with Crippen LogP contribution in [0.1, 0.15) is 28.8 Å². The number of carbonyl (C=O) groups excluding carboxylic acids is 3. The fraction of sp³-hybridized carbons (Fsp3) is 0.348. The van der Waals surface area contributed by atoms with Crippen molar-refractivity contribution in [1.82, 2.24) is 14.7 Å². The topological polar surface area (TPSA) is 60.9 Å². The van der Waals surface area contributed by atoms with Gasteiger partial charge in [0.05, 0.1) is 0 Å². The fourth-order valence-corrected chi connectivity index (χ4v) is 4.42. The lowest BCUT2D eigenvalue weighted by Crippen LogP contribution is -2.59. The molecule has 2 aromatic carbocycles. The van der Waals surface area contributed by atoms with Crippen LogP contribution in [0.3, 0.4) is 0 Å². The van der Waals surface area contributed by atoms with E-state index in [1.807, 2.05) is 0 Å². The van der Waals surface area contributed by atoms with Crippen LogP contribution < -0.4 is 0 Å². The zero-order valence-corrected chi connectivity index (χ0v) is 17.7. The van der Waals surface area contributed by atoms with Gasteiger partial charge in [0.2, 0.25) is 0 Å². The summed E-state index contributed by atoms with van der Waals surface area (Å²) < 4.78 is 13.4. The summed E-state index contributed by atoms with van der Waals surface area (Å²) in [5, 5.41) is 0.515. The Morgan fingerprint density at radius 1 is 0.968 bits per heavy atom. The molecule has 2 aliphatic heterocycles. The summed E-state index contributed by atoms with van der Waals surface area (Å²) in [4.78, 5) is 42.9. The molecule has 2 fully saturated rings. The Kier molecular flexibility index (Phi) is 6.23. The van der Waals surface area contributed by atoms with Crippen molar-refractivity contribution in [1.29, 1.82) is 0 Å². The van der Waals surface area contributed by atoms with Gasteiger partial charge in [0.15, 0.2) is 0 Å². The highest BCUT2D eigenvalue weighted by atomic mass is 35.5. The Morgan fingerprint density at radius 2 is 1.71 bits per heavy atom. The van der Waals surface area contributed by atoms with Crippen molar-refractivity contribution in [3.8, 4) is 0 Å². The van der Waals surface area contributed by atoms with Crippen molar-refractivity contribution in [2.24, 2.45) is 0 Å². The van der Waals surface area contributed by atoms with E-state index in [2.05, 4.69) is 0 Å². The van der Waals surface area contributed by atoms with Gasteiger partial charge in [0.25, 0.3) is 5.91 Å². The minimum atomic E-state index is -0.562. The van der Waals surface area contributed by atoms with Crippen molar-refractivity contribution >= 4 is 29.3 Å². The van der Waals surface area contributed by atoms with Crippen molar-refractivity contribution in [3.63, 3.8) is 0 Å². The molecule has 0 aromatic heterocycles. The van der Waals surface area contributed by atoms with Gasteiger partial charge in [-0.15, -0.1) is 0 Å². The van der Waals surface area contributed by atoms with E-state index in [4.69, 9.17) is 11.6 Å². The zero-order chi connectivity index (χ0) is 22.0. The summed E-state index contributed by atoms with van der Waals surface area (Å²) in [5.41, 5.74) is 1.20. The standard InChI is InChI=1S/C23H23ClFN3O3/c24-18-5-2-4-17(14-18)21(29)26-9-7-20(8-10-26)28-12-11-27(22(30)23(28)31)15-16-3-1-6-19(25)13-16/h1-6,13-14,20H,7-12,15H2. The number of benzene rings is 2. The molecule has 3 amide bonds. The molecule has 0 radical (unpaired) electrons. The molecule has 162 valence electrons. The molecular weight excluding hydrogens is 421 g/mol. The molecule has 2 aliphatic rings. The molecule has 31 heavy (non-hydrogen) atoms. The van der Waals surface area contributed by atoms with Crippen molar-refractivity contribution in [3.05, 3.63) is 70.5 Å². The molecule has 0 N–H and O–H groups in total. The first-order chi connectivity index (χ1) is 14.9. The largest absolute Gasteiger partial charge is 0.338 e. The second-order valence-electron chi connectivity index (χ2n) is 7.89. The quantitative estimate of drug-likeness (QED) is 0.682. The fourth-order valence-electron chi connectivity index (χ4n) is 4.23. The second kappa shape index (κ2) is 9.06. The number of nitrogens with zero attached hydrogens (tertiary/aromatic N) is 3. The molecule has 0 aliphatic carbocycles. The molecule has 0 bridgehead atoms. The van der Waals surface area contributed by atoms with E-state index in [0.29, 0.717) is 55.2 Å². The molecule has 2 aromatic rings. The Labute approximate surface area is 185 Å². The normalized spacial score (nSPS) is 17.9. The lowest BCUT2D eigenvalue weighted by atomic mass is 10.0. The summed E-state index contributed by atoms with van der Waals surface area (Å²) in [5.74, 6) is -1.53. The smallest absolute Gasteiger partial charge is 0.312 e. The first kappa shape index (κ1) is 21.3. The molecular formula is C23H23ClFN3O3. The van der Waals surface area contributed by atoms with Gasteiger partial charge in [-0.1, -0.05) is 29.8 Å². The number of halogens is 2. The van der Waals surface area contributed by atoms with E-state index < -0.39 is 11.8 Å². The van der Waals surface area contributed by atoms with Crippen LogP contribution >= 0.6 is 11.6 Å². The minimum absolute atomic E-state index is 0.0730. The van der Waals surface area contributed by atoms with Gasteiger partial charge >= 0.3 is 11.8 Å². The lowest BCUT2D eigenvalue weighted by molar-refractivity contribution is -0.158. The molecule has 0 spiro atoms. The highest BCUT2D eigenvalue weighted by molar-refractivity contribution is 6.35. The third-order valence-corrected chi connectivity index (χ3v) is 6.10. The Morgan fingerprint density at radius 3 is 2.42 bits per heavy atom. The Balaban J connectivity index is 1.34. The maximum absolute atomic E-state index is 13.4. The van der Waals surface area contributed by atoms with Gasteiger partial charge in [0.1, 0.15) is 5.82 Å². The summed E-state index contributed by atoms with van der Waals surface area (Å²) in [6.07, 6.45) is 1.24. The predicted octanol–water partition coefficient (Wildman–Crippen LogP) is 2.95. The van der Waals surface area contributed by atoms with E-state index in [0.717, 1.165) is 0 Å². The lowest BCUT2D eigenvalue weighted by Gasteiger charge is -2.42. The van der Waals surface area contributed by atoms with E-state index in [1.54, 1.807) is 46.2 Å². The van der Waals surface area contributed by atoms with E-state index >= 15 is 0 Å². The van der Waals surface area contributed by atoms with Crippen LogP contribution in [0.4, 0.5) is 4.39 Å². The monoisotopic (exact) mass is 443 g/mol. The zero-order valence-electron chi connectivity index (χ0n) is 17.0. The van der Waals surface area contributed by atoms with Crippen molar-refractivity contribution in [2.45, 2.75) is 25.4 Å². The molecule has 2 heterocycles. The van der Waals surface area contributed by atoms with Gasteiger partial charge < -0.3 is 14.7 Å². The van der Waals surface area contributed by atoms with Crippen LogP contribution in [0, 0.1) is 5.82 Å². The summed E-state index contributed by atoms with van der Waals surface area (Å²) in [7, 11) is 0. The molecule has 0 atom stereocenters. The van der Waals surface area contributed by atoms with Crippen LogP contribution in [0.2, 0.25) is 5.02 Å². The molecule has 0 unspecified atom stereocenters. The maximum Gasteiger partial charge on any atom is 0.312 e. The third kappa shape index (κ3) is 4.71. The van der Waals surface area contributed by atoms with Gasteiger partial charge in [0, 0.05) is 49.4 Å². The summed E-state index contributed by atoms with van der Waals surface area (Å²) in [6.45, 7) is 2.08. The number of hydrogen-bond acceptors (Lipinski definition) is 3. The highest BCUT2D eigenvalue weighted by Crippen LogP contribution is 2.22. The summed E-state index contributed by atoms with van der Waals surface area (Å²) >= 11 is 5.98. The Hall–Kier alpha value is -2.93. The maximum atomic E-state index is 13.4. The average Bonchev–Trinajstić information content (AvgIpc) is 2.77. The molecule has 6 nitrogen and oxygen atoms in total. The van der Waals surface area contributed by atoms with E-state index in [-0.39, 0.29) is 24.3 Å². The Bertz CT molecular complexity index is 1010. The SMILES string of the molecule is O=C1C(=O)N(C2CCN(C(=O)c3cccc(Cl)c3)CC2)CCN1Cc1cccc(F)c1. The number of piperidine rings is 1. The van der Waals surface area contributed by atoms with Crippen LogP contribution in [0.15, 0.2) is 48.5 Å². The van der Waals surface area contributed by atoms with Crippen LogP contribution in [-0.2, 0) is 16.1 Å². The second-order valence-corrected chi connectivity index (χ2v) is 8.33. The minimum Gasteiger partial charge on any atom is -0.338 e. The molecule has 8 heteroatoms. The number of likely N-dealkylation sites (tertiary alicyclic amines) is 1. The average molecular weight is 444 g/mol. The first-order valence-corrected chi connectivity index (χ1v) is 10.7. The van der Waals surface area contributed by atoms with Gasteiger partial charge in [-0.25, -0.2) is 4.39 Å². The van der Waals surface area contributed by atoms with Crippen LogP contribution in [0.5, 0.6) is 0 Å². The first-order valence-electron chi connectivity index (χ1n) is 10.3. The number of hydrogen-bond donors (Lipinski definition) is 0. The molecule has 2 saturated heterocycles. The highest BCUT2D eigenvalue weighted by Gasteiger charge is 2.38. The van der Waals surface area contributed by atoms with E-state index in [1.165, 1.54) is 17.0 Å². The van der Waals surface area contributed by atoms with Crippen LogP contribution in [-0.4, -0.2) is 64.6 Å². The number of carbonyl (C=O) groups is 3. The third-order valence-electron chi connectivity index (χ3n) is 5.87. The summed E-state index contributed by atoms with van der Waals surface area (Å²) in [6, 6.07) is 12.8. The van der Waals surface area contributed by atoms with Gasteiger partial charge in [-0.05, 0) is 48.7 Å². The number of amides is 3. The van der Waals surface area contributed by atoms with E-state index in [9.17, 15) is 18.8 Å². The number of rotatable bonds is 4. The van der Waals surface area contributed by atoms with Gasteiger partial charge in [-0.2, -0.15) is 0 Å². The predicted molar refractivity (Wildman–Crippen MR) is 114 cm³/mol. The van der Waals surface area contributed by atoms with Crippen molar-refractivity contribution in [2.75, 3.05) is 26.2 Å². The van der Waals surface area contributed by atoms with Gasteiger partial charge in [-0.3, -0.25) is 14.4 Å². The number of piperazine rings is 1.